The van der Waals surface area contributed by atoms with Crippen molar-refractivity contribution in [2.75, 3.05) is 13.2 Å². The quantitative estimate of drug-likeness (QED) is 0.152. The summed E-state index contributed by atoms with van der Waals surface area (Å²) < 4.78 is 11.9. The molecule has 0 radical (unpaired) electrons. The SMILES string of the molecule is CCCCCCCCCCCCCOC(=O)c1ccccc1C(=O)OCCc1ccc(Br)cc1. The predicted octanol–water partition coefficient (Wildman–Crippen LogP) is 8.32. The number of carbonyl (C=O) groups is 2. The van der Waals surface area contributed by atoms with E-state index < -0.39 is 11.9 Å². The Kier molecular flexibility index (Phi) is 14.3. The molecule has 34 heavy (non-hydrogen) atoms. The molecule has 0 fully saturated rings. The number of ether oxygens (including phenoxy) is 2. The van der Waals surface area contributed by atoms with Gasteiger partial charge in [0.05, 0.1) is 24.3 Å². The van der Waals surface area contributed by atoms with Gasteiger partial charge in [0.15, 0.2) is 0 Å². The predicted molar refractivity (Wildman–Crippen MR) is 141 cm³/mol. The van der Waals surface area contributed by atoms with Crippen molar-refractivity contribution in [3.05, 3.63) is 69.7 Å². The molecule has 0 saturated heterocycles. The third-order valence-corrected chi connectivity index (χ3v) is 6.41. The first-order valence-electron chi connectivity index (χ1n) is 12.8. The van der Waals surface area contributed by atoms with Crippen LogP contribution in [-0.2, 0) is 15.9 Å². The summed E-state index contributed by atoms with van der Waals surface area (Å²) in [5.41, 5.74) is 1.59. The van der Waals surface area contributed by atoms with Crippen LogP contribution in [0.2, 0.25) is 0 Å². The molecule has 2 aromatic carbocycles. The summed E-state index contributed by atoms with van der Waals surface area (Å²) in [7, 11) is 0. The molecular weight excluding hydrogens is 492 g/mol. The highest BCUT2D eigenvalue weighted by atomic mass is 79.9. The number of carbonyl (C=O) groups excluding carboxylic acids is 2. The van der Waals surface area contributed by atoms with Gasteiger partial charge in [-0.2, -0.15) is 0 Å². The summed E-state index contributed by atoms with van der Waals surface area (Å²) in [6.07, 6.45) is 14.3. The fourth-order valence-electron chi connectivity index (χ4n) is 3.84. The Bertz CT molecular complexity index is 847. The average molecular weight is 532 g/mol. The Labute approximate surface area is 213 Å². The summed E-state index contributed by atoms with van der Waals surface area (Å²) in [4.78, 5) is 25.1. The molecule has 0 spiro atoms. The van der Waals surface area contributed by atoms with E-state index in [-0.39, 0.29) is 17.7 Å². The van der Waals surface area contributed by atoms with E-state index in [2.05, 4.69) is 22.9 Å². The molecule has 0 aromatic heterocycles. The van der Waals surface area contributed by atoms with Crippen LogP contribution in [0.5, 0.6) is 0 Å². The molecule has 0 unspecified atom stereocenters. The second-order valence-corrected chi connectivity index (χ2v) is 9.65. The zero-order valence-corrected chi connectivity index (χ0v) is 22.1. The zero-order valence-electron chi connectivity index (χ0n) is 20.5. The van der Waals surface area contributed by atoms with Crippen LogP contribution in [0.3, 0.4) is 0 Å². The van der Waals surface area contributed by atoms with Crippen LogP contribution in [-0.4, -0.2) is 25.2 Å². The van der Waals surface area contributed by atoms with Gasteiger partial charge in [-0.15, -0.1) is 0 Å². The fourth-order valence-corrected chi connectivity index (χ4v) is 4.10. The van der Waals surface area contributed by atoms with E-state index in [1.165, 1.54) is 57.8 Å². The lowest BCUT2D eigenvalue weighted by Crippen LogP contribution is -2.15. The summed E-state index contributed by atoms with van der Waals surface area (Å²) in [5.74, 6) is -0.966. The van der Waals surface area contributed by atoms with E-state index >= 15 is 0 Å². The number of esters is 2. The molecule has 0 aliphatic heterocycles. The second kappa shape index (κ2) is 17.3. The number of rotatable bonds is 17. The van der Waals surface area contributed by atoms with Crippen molar-refractivity contribution in [3.63, 3.8) is 0 Å². The molecule has 2 aromatic rings. The van der Waals surface area contributed by atoms with Gasteiger partial charge >= 0.3 is 11.9 Å². The van der Waals surface area contributed by atoms with E-state index in [0.717, 1.165) is 22.9 Å². The zero-order chi connectivity index (χ0) is 24.4. The Morgan fingerprint density at radius 2 is 1.12 bits per heavy atom. The minimum Gasteiger partial charge on any atom is -0.462 e. The number of hydrogen-bond donors (Lipinski definition) is 0. The van der Waals surface area contributed by atoms with Crippen molar-refractivity contribution in [3.8, 4) is 0 Å². The molecular formula is C29H39BrO4. The monoisotopic (exact) mass is 530 g/mol. The molecule has 4 nitrogen and oxygen atoms in total. The maximum absolute atomic E-state index is 12.6. The first-order chi connectivity index (χ1) is 16.6. The van der Waals surface area contributed by atoms with Crippen LogP contribution in [0.1, 0.15) is 104 Å². The number of benzene rings is 2. The highest BCUT2D eigenvalue weighted by Gasteiger charge is 2.18. The van der Waals surface area contributed by atoms with Gasteiger partial charge in [0, 0.05) is 10.9 Å². The van der Waals surface area contributed by atoms with Crippen molar-refractivity contribution >= 4 is 27.9 Å². The molecule has 0 N–H and O–H groups in total. The molecule has 0 aliphatic rings. The van der Waals surface area contributed by atoms with Gasteiger partial charge in [0.1, 0.15) is 0 Å². The summed E-state index contributed by atoms with van der Waals surface area (Å²) in [6, 6.07) is 14.6. The largest absolute Gasteiger partial charge is 0.462 e. The second-order valence-electron chi connectivity index (χ2n) is 8.73. The summed E-state index contributed by atoms with van der Waals surface area (Å²) in [5, 5.41) is 0. The highest BCUT2D eigenvalue weighted by molar-refractivity contribution is 9.10. The first kappa shape index (κ1) is 28.1. The van der Waals surface area contributed by atoms with Crippen molar-refractivity contribution < 1.29 is 19.1 Å². The molecule has 0 saturated carbocycles. The molecule has 0 atom stereocenters. The van der Waals surface area contributed by atoms with E-state index in [1.54, 1.807) is 24.3 Å². The smallest absolute Gasteiger partial charge is 0.339 e. The maximum Gasteiger partial charge on any atom is 0.339 e. The van der Waals surface area contributed by atoms with Crippen LogP contribution in [0, 0.1) is 0 Å². The molecule has 0 aliphatic carbocycles. The number of unbranched alkanes of at least 4 members (excludes halogenated alkanes) is 10. The average Bonchev–Trinajstić information content (AvgIpc) is 2.85. The van der Waals surface area contributed by atoms with Gasteiger partial charge in [0.2, 0.25) is 0 Å². The van der Waals surface area contributed by atoms with E-state index in [0.29, 0.717) is 13.0 Å². The number of hydrogen-bond acceptors (Lipinski definition) is 4. The normalized spacial score (nSPS) is 10.8. The van der Waals surface area contributed by atoms with Crippen LogP contribution in [0.25, 0.3) is 0 Å². The molecule has 0 heterocycles. The van der Waals surface area contributed by atoms with Crippen LogP contribution in [0.4, 0.5) is 0 Å². The summed E-state index contributed by atoms with van der Waals surface area (Å²) >= 11 is 3.41. The topological polar surface area (TPSA) is 52.6 Å². The molecule has 186 valence electrons. The highest BCUT2D eigenvalue weighted by Crippen LogP contribution is 2.15. The van der Waals surface area contributed by atoms with E-state index in [4.69, 9.17) is 9.47 Å². The van der Waals surface area contributed by atoms with Gasteiger partial charge in [-0.1, -0.05) is 111 Å². The van der Waals surface area contributed by atoms with Crippen molar-refractivity contribution in [2.45, 2.75) is 84.0 Å². The third-order valence-electron chi connectivity index (χ3n) is 5.89. The van der Waals surface area contributed by atoms with Gasteiger partial charge < -0.3 is 9.47 Å². The Morgan fingerprint density at radius 3 is 1.65 bits per heavy atom. The lowest BCUT2D eigenvalue weighted by Gasteiger charge is -2.10. The molecule has 5 heteroatoms. The minimum absolute atomic E-state index is 0.252. The van der Waals surface area contributed by atoms with Crippen LogP contribution >= 0.6 is 15.9 Å². The van der Waals surface area contributed by atoms with Crippen LogP contribution < -0.4 is 0 Å². The van der Waals surface area contributed by atoms with Gasteiger partial charge in [-0.3, -0.25) is 0 Å². The van der Waals surface area contributed by atoms with Crippen molar-refractivity contribution in [1.29, 1.82) is 0 Å². The fraction of sp³-hybridized carbons (Fsp3) is 0.517. The van der Waals surface area contributed by atoms with E-state index in [9.17, 15) is 9.59 Å². The van der Waals surface area contributed by atoms with Crippen molar-refractivity contribution in [2.24, 2.45) is 0 Å². The van der Waals surface area contributed by atoms with Crippen molar-refractivity contribution in [1.82, 2.24) is 0 Å². The van der Waals surface area contributed by atoms with Gasteiger partial charge in [-0.25, -0.2) is 9.59 Å². The van der Waals surface area contributed by atoms with Gasteiger partial charge in [-0.05, 0) is 36.2 Å². The lowest BCUT2D eigenvalue weighted by molar-refractivity contribution is 0.0455. The lowest BCUT2D eigenvalue weighted by atomic mass is 10.1. The Morgan fingerprint density at radius 1 is 0.647 bits per heavy atom. The first-order valence-corrected chi connectivity index (χ1v) is 13.6. The van der Waals surface area contributed by atoms with Crippen LogP contribution in [0.15, 0.2) is 53.0 Å². The standard InChI is InChI=1S/C29H39BrO4/c1-2-3-4-5-6-7-8-9-10-11-14-22-33-28(31)26-15-12-13-16-27(26)29(32)34-23-21-24-17-19-25(30)20-18-24/h12-13,15-20H,2-11,14,21-23H2,1H3. The Hall–Kier alpha value is -2.14. The third kappa shape index (κ3) is 11.3. The molecule has 0 amide bonds. The number of halogens is 1. The van der Waals surface area contributed by atoms with Gasteiger partial charge in [0.25, 0.3) is 0 Å². The molecule has 2 rings (SSSR count). The maximum atomic E-state index is 12.6. The minimum atomic E-state index is -0.501. The van der Waals surface area contributed by atoms with E-state index in [1.807, 2.05) is 24.3 Å². The summed E-state index contributed by atoms with van der Waals surface area (Å²) in [6.45, 7) is 2.88. The Balaban J connectivity index is 1.63. The molecule has 0 bridgehead atoms.